The number of aryl methyl sites for hydroxylation is 2. The van der Waals surface area contributed by atoms with Crippen LogP contribution >= 0.6 is 11.8 Å². The highest BCUT2D eigenvalue weighted by Crippen LogP contribution is 2.22. The fraction of sp³-hybridized carbons (Fsp3) is 0.176. The average molecular weight is 312 g/mol. The minimum Gasteiger partial charge on any atom is -0.441 e. The van der Waals surface area contributed by atoms with Crippen molar-refractivity contribution in [1.29, 1.82) is 0 Å². The second-order valence-corrected chi connectivity index (χ2v) is 5.93. The zero-order chi connectivity index (χ0) is 15.7. The Morgan fingerprint density at radius 2 is 2.00 bits per heavy atom. The largest absolute Gasteiger partial charge is 0.441 e. The van der Waals surface area contributed by atoms with Crippen molar-refractivity contribution in [3.05, 3.63) is 53.4 Å². The van der Waals surface area contributed by atoms with Gasteiger partial charge >= 0.3 is 0 Å². The number of nitrogens with one attached hydrogen (secondary N) is 1. The van der Waals surface area contributed by atoms with Gasteiger partial charge in [-0.15, -0.1) is 11.8 Å². The highest BCUT2D eigenvalue weighted by atomic mass is 32.2. The lowest BCUT2D eigenvalue weighted by molar-refractivity contribution is 0.102. The predicted molar refractivity (Wildman–Crippen MR) is 89.7 cm³/mol. The number of benzene rings is 2. The van der Waals surface area contributed by atoms with Crippen molar-refractivity contribution in [1.82, 2.24) is 4.98 Å². The first kappa shape index (κ1) is 14.7. The number of thioether (sulfide) groups is 1. The SMILES string of the molecule is CSc1ccc(C)c(C(=O)Nc2ccc3nc(C)oc3c2)c1. The summed E-state index contributed by atoms with van der Waals surface area (Å²) in [6.07, 6.45) is 1.99. The first-order chi connectivity index (χ1) is 10.6. The van der Waals surface area contributed by atoms with Crippen molar-refractivity contribution < 1.29 is 9.21 Å². The molecule has 1 aromatic heterocycles. The maximum absolute atomic E-state index is 12.5. The van der Waals surface area contributed by atoms with E-state index < -0.39 is 0 Å². The molecule has 0 unspecified atom stereocenters. The fourth-order valence-corrected chi connectivity index (χ4v) is 2.73. The zero-order valence-electron chi connectivity index (χ0n) is 12.6. The number of hydrogen-bond donors (Lipinski definition) is 1. The van der Waals surface area contributed by atoms with Crippen molar-refractivity contribution in [3.63, 3.8) is 0 Å². The van der Waals surface area contributed by atoms with Crippen LogP contribution in [0.1, 0.15) is 21.8 Å². The molecule has 0 aliphatic rings. The van der Waals surface area contributed by atoms with E-state index in [1.807, 2.05) is 43.5 Å². The smallest absolute Gasteiger partial charge is 0.255 e. The fourth-order valence-electron chi connectivity index (χ4n) is 2.29. The number of nitrogens with zero attached hydrogens (tertiary/aromatic N) is 1. The molecule has 0 bridgehead atoms. The van der Waals surface area contributed by atoms with Crippen molar-refractivity contribution in [2.24, 2.45) is 0 Å². The minimum absolute atomic E-state index is 0.121. The molecule has 5 heteroatoms. The van der Waals surface area contributed by atoms with E-state index in [9.17, 15) is 4.79 Å². The number of rotatable bonds is 3. The van der Waals surface area contributed by atoms with Crippen molar-refractivity contribution >= 4 is 34.5 Å². The number of carbonyl (C=O) groups excluding carboxylic acids is 1. The van der Waals surface area contributed by atoms with Crippen LogP contribution in [0.2, 0.25) is 0 Å². The predicted octanol–water partition coefficient (Wildman–Crippen LogP) is 4.42. The number of carbonyl (C=O) groups is 1. The summed E-state index contributed by atoms with van der Waals surface area (Å²) < 4.78 is 5.49. The quantitative estimate of drug-likeness (QED) is 0.727. The molecule has 1 amide bonds. The molecule has 0 radical (unpaired) electrons. The summed E-state index contributed by atoms with van der Waals surface area (Å²) in [5, 5.41) is 2.92. The van der Waals surface area contributed by atoms with Gasteiger partial charge in [0.2, 0.25) is 0 Å². The van der Waals surface area contributed by atoms with Crippen molar-refractivity contribution in [3.8, 4) is 0 Å². The molecular formula is C17H16N2O2S. The molecule has 3 rings (SSSR count). The van der Waals surface area contributed by atoms with Gasteiger partial charge in [0, 0.05) is 29.1 Å². The highest BCUT2D eigenvalue weighted by Gasteiger charge is 2.11. The molecule has 2 aromatic carbocycles. The van der Waals surface area contributed by atoms with Gasteiger partial charge in [0.25, 0.3) is 5.91 Å². The van der Waals surface area contributed by atoms with E-state index in [1.54, 1.807) is 24.8 Å². The number of oxazole rings is 1. The second kappa shape index (κ2) is 5.85. The standard InChI is InChI=1S/C17H16N2O2S/c1-10-4-6-13(22-3)9-14(10)17(20)19-12-5-7-15-16(8-12)21-11(2)18-15/h4-9H,1-3H3,(H,19,20). The maximum Gasteiger partial charge on any atom is 0.255 e. The van der Waals surface area contributed by atoms with E-state index in [0.29, 0.717) is 22.7 Å². The van der Waals surface area contributed by atoms with Gasteiger partial charge in [0.15, 0.2) is 11.5 Å². The van der Waals surface area contributed by atoms with Crippen LogP contribution in [-0.2, 0) is 0 Å². The number of anilines is 1. The van der Waals surface area contributed by atoms with E-state index in [0.717, 1.165) is 16.0 Å². The summed E-state index contributed by atoms with van der Waals surface area (Å²) in [6.45, 7) is 3.73. The topological polar surface area (TPSA) is 55.1 Å². The molecule has 4 nitrogen and oxygen atoms in total. The van der Waals surface area contributed by atoms with Gasteiger partial charge in [-0.1, -0.05) is 6.07 Å². The summed E-state index contributed by atoms with van der Waals surface area (Å²) in [6, 6.07) is 11.3. The van der Waals surface area contributed by atoms with Crippen LogP contribution in [0.5, 0.6) is 0 Å². The summed E-state index contributed by atoms with van der Waals surface area (Å²) >= 11 is 1.62. The van der Waals surface area contributed by atoms with Crippen LogP contribution in [0, 0.1) is 13.8 Å². The minimum atomic E-state index is -0.121. The lowest BCUT2D eigenvalue weighted by Crippen LogP contribution is -2.13. The Kier molecular flexibility index (Phi) is 3.90. The van der Waals surface area contributed by atoms with Crippen LogP contribution in [0.3, 0.4) is 0 Å². The zero-order valence-corrected chi connectivity index (χ0v) is 13.5. The van der Waals surface area contributed by atoms with E-state index in [1.165, 1.54) is 0 Å². The van der Waals surface area contributed by atoms with Gasteiger partial charge in [0.05, 0.1) is 0 Å². The molecule has 0 fully saturated rings. The third kappa shape index (κ3) is 2.85. The first-order valence-corrected chi connectivity index (χ1v) is 8.12. The Morgan fingerprint density at radius 3 is 2.77 bits per heavy atom. The molecule has 0 spiro atoms. The summed E-state index contributed by atoms with van der Waals surface area (Å²) in [5.41, 5.74) is 3.79. The molecule has 3 aromatic rings. The van der Waals surface area contributed by atoms with Gasteiger partial charge < -0.3 is 9.73 Å². The normalized spacial score (nSPS) is 10.9. The Morgan fingerprint density at radius 1 is 1.18 bits per heavy atom. The Hall–Kier alpha value is -2.27. The number of aromatic nitrogens is 1. The highest BCUT2D eigenvalue weighted by molar-refractivity contribution is 7.98. The lowest BCUT2D eigenvalue weighted by atomic mass is 10.1. The van der Waals surface area contributed by atoms with Crippen LogP contribution in [0.25, 0.3) is 11.1 Å². The Balaban J connectivity index is 1.89. The van der Waals surface area contributed by atoms with Gasteiger partial charge in [-0.25, -0.2) is 4.98 Å². The Labute approximate surface area is 132 Å². The van der Waals surface area contributed by atoms with Crippen molar-refractivity contribution in [2.45, 2.75) is 18.7 Å². The van der Waals surface area contributed by atoms with E-state index in [4.69, 9.17) is 4.42 Å². The molecule has 1 heterocycles. The van der Waals surface area contributed by atoms with E-state index >= 15 is 0 Å². The average Bonchev–Trinajstić information content (AvgIpc) is 2.87. The number of amides is 1. The molecular weight excluding hydrogens is 296 g/mol. The number of fused-ring (bicyclic) bond motifs is 1. The summed E-state index contributed by atoms with van der Waals surface area (Å²) in [7, 11) is 0. The van der Waals surface area contributed by atoms with Gasteiger partial charge in [-0.2, -0.15) is 0 Å². The van der Waals surface area contributed by atoms with E-state index in [2.05, 4.69) is 10.3 Å². The van der Waals surface area contributed by atoms with E-state index in [-0.39, 0.29) is 5.91 Å². The maximum atomic E-state index is 12.5. The number of hydrogen-bond acceptors (Lipinski definition) is 4. The summed E-state index contributed by atoms with van der Waals surface area (Å²) in [4.78, 5) is 17.8. The third-order valence-electron chi connectivity index (χ3n) is 3.44. The summed E-state index contributed by atoms with van der Waals surface area (Å²) in [5.74, 6) is 0.492. The molecule has 0 saturated carbocycles. The molecule has 0 atom stereocenters. The van der Waals surface area contributed by atoms with Crippen LogP contribution in [-0.4, -0.2) is 17.1 Å². The second-order valence-electron chi connectivity index (χ2n) is 5.05. The van der Waals surface area contributed by atoms with Crippen LogP contribution < -0.4 is 5.32 Å². The van der Waals surface area contributed by atoms with Gasteiger partial charge in [-0.05, 0) is 43.0 Å². The molecule has 112 valence electrons. The molecule has 22 heavy (non-hydrogen) atoms. The molecule has 0 saturated heterocycles. The molecule has 0 aliphatic heterocycles. The molecule has 1 N–H and O–H groups in total. The Bertz CT molecular complexity index is 855. The van der Waals surface area contributed by atoms with Crippen LogP contribution in [0.4, 0.5) is 5.69 Å². The third-order valence-corrected chi connectivity index (χ3v) is 4.17. The first-order valence-electron chi connectivity index (χ1n) is 6.90. The van der Waals surface area contributed by atoms with Crippen LogP contribution in [0.15, 0.2) is 45.7 Å². The van der Waals surface area contributed by atoms with Gasteiger partial charge in [-0.3, -0.25) is 4.79 Å². The lowest BCUT2D eigenvalue weighted by Gasteiger charge is -2.09. The molecule has 0 aliphatic carbocycles. The monoisotopic (exact) mass is 312 g/mol. The van der Waals surface area contributed by atoms with Crippen molar-refractivity contribution in [2.75, 3.05) is 11.6 Å². The van der Waals surface area contributed by atoms with Gasteiger partial charge in [0.1, 0.15) is 5.52 Å².